The number of pyridine rings is 1. The van der Waals surface area contributed by atoms with Crippen molar-refractivity contribution in [2.75, 3.05) is 18.6 Å². The number of urea groups is 1. The largest absolute Gasteiger partial charge is 0.497 e. The predicted molar refractivity (Wildman–Crippen MR) is 203 cm³/mol. The van der Waals surface area contributed by atoms with Crippen LogP contribution >= 0.6 is 11.3 Å². The van der Waals surface area contributed by atoms with Gasteiger partial charge in [0.1, 0.15) is 28.8 Å². The molecule has 4 aliphatic rings. The average Bonchev–Trinajstić information content (AvgIpc) is 3.94. The third-order valence-corrected chi connectivity index (χ3v) is 14.4. The molecule has 1 aromatic carbocycles. The number of thiazole rings is 1. The summed E-state index contributed by atoms with van der Waals surface area (Å²) in [6.45, 7) is 6.36. The predicted octanol–water partition coefficient (Wildman–Crippen LogP) is 6.54. The number of hydrogen-bond donors (Lipinski definition) is 2. The minimum Gasteiger partial charge on any atom is -0.497 e. The number of nitrogens with one attached hydrogen (secondary N) is 1. The van der Waals surface area contributed by atoms with E-state index in [2.05, 4.69) is 16.9 Å². The zero-order valence-electron chi connectivity index (χ0n) is 30.5. The Morgan fingerprint density at radius 2 is 1.87 bits per heavy atom. The van der Waals surface area contributed by atoms with Gasteiger partial charge < -0.3 is 25.0 Å². The van der Waals surface area contributed by atoms with Crippen molar-refractivity contribution < 1.29 is 27.5 Å². The van der Waals surface area contributed by atoms with E-state index in [4.69, 9.17) is 25.2 Å². The third-order valence-electron chi connectivity index (χ3n) is 11.4. The number of sulfonamides is 1. The molecule has 2 saturated carbocycles. The number of benzene rings is 1. The van der Waals surface area contributed by atoms with E-state index in [1.165, 1.54) is 11.3 Å². The number of carbonyl (C=O) groups is 2. The fraction of sp³-hybridized carbons (Fsp3) is 0.579. The number of nitrogens with two attached hydrogens (primary N) is 1. The Bertz CT molecular complexity index is 1980. The molecule has 2 aromatic heterocycles. The van der Waals surface area contributed by atoms with E-state index < -0.39 is 32.2 Å². The van der Waals surface area contributed by atoms with Crippen LogP contribution in [0.5, 0.6) is 11.5 Å². The molecule has 1 spiro atoms. The van der Waals surface area contributed by atoms with Crippen LogP contribution in [0.2, 0.25) is 0 Å². The lowest BCUT2D eigenvalue weighted by Crippen LogP contribution is -2.56. The minimum absolute atomic E-state index is 0.0463. The summed E-state index contributed by atoms with van der Waals surface area (Å²) in [5.41, 5.74) is 6.36. The van der Waals surface area contributed by atoms with Gasteiger partial charge in [-0.3, -0.25) is 9.52 Å². The topological polar surface area (TPSA) is 157 Å². The zero-order valence-corrected chi connectivity index (χ0v) is 32.1. The Morgan fingerprint density at radius 3 is 2.58 bits per heavy atom. The van der Waals surface area contributed by atoms with Crippen molar-refractivity contribution in [3.05, 3.63) is 41.8 Å². The third kappa shape index (κ3) is 6.83. The van der Waals surface area contributed by atoms with Crippen molar-refractivity contribution >= 4 is 49.3 Å². The van der Waals surface area contributed by atoms with Crippen molar-refractivity contribution in [2.45, 2.75) is 120 Å². The van der Waals surface area contributed by atoms with Gasteiger partial charge in [0, 0.05) is 47.3 Å². The molecule has 1 unspecified atom stereocenters. The molecule has 3 amide bonds. The quantitative estimate of drug-likeness (QED) is 0.256. The second-order valence-corrected chi connectivity index (χ2v) is 18.2. The van der Waals surface area contributed by atoms with Gasteiger partial charge >= 0.3 is 6.03 Å². The Kier molecular flexibility index (Phi) is 9.92. The van der Waals surface area contributed by atoms with E-state index in [1.54, 1.807) is 12.0 Å². The number of allylic oxidation sites excluding steroid dienone is 1. The molecule has 0 bridgehead atoms. The van der Waals surface area contributed by atoms with Crippen molar-refractivity contribution in [3.8, 4) is 22.9 Å². The van der Waals surface area contributed by atoms with Crippen molar-refractivity contribution in [1.29, 1.82) is 0 Å². The molecule has 0 radical (unpaired) electrons. The van der Waals surface area contributed by atoms with Crippen LogP contribution in [-0.2, 0) is 14.8 Å². The summed E-state index contributed by atoms with van der Waals surface area (Å²) >= 11 is 1.40. The smallest absolute Gasteiger partial charge is 0.315 e. The standard InChI is InChI=1S/C38H50N6O6S2/c1-24(2)44(38-21-26(38)12-10-8-6-5-7-9-11-15-37(16-17-37)52(47,48)42-34(38)45)36-41-32(23-51-36)31-20-33(29-14-13-27(49-4)19-30(29)40-31)50-28-18-25(3)43(22-28)35(39)46/h10,12-14,19-20,23-26,28H,5-9,11,15-18,21-22H2,1-4H3,(H2,39,46)(H,42,45)/t25?,26-,28-,38-/m1/s1. The van der Waals surface area contributed by atoms with Crippen molar-refractivity contribution in [2.24, 2.45) is 11.7 Å². The van der Waals surface area contributed by atoms with Crippen LogP contribution in [0.4, 0.5) is 9.93 Å². The van der Waals surface area contributed by atoms with Crippen molar-refractivity contribution in [1.82, 2.24) is 19.6 Å². The van der Waals surface area contributed by atoms with Crippen LogP contribution in [0.25, 0.3) is 22.3 Å². The number of likely N-dealkylation sites (tertiary alicyclic amines) is 1. The summed E-state index contributed by atoms with van der Waals surface area (Å²) in [6.07, 6.45) is 13.0. The van der Waals surface area contributed by atoms with Crippen LogP contribution in [0.3, 0.4) is 0 Å². The molecule has 12 nitrogen and oxygen atoms in total. The van der Waals surface area contributed by atoms with Gasteiger partial charge in [0.2, 0.25) is 10.0 Å². The normalized spacial score (nSPS) is 27.1. The lowest BCUT2D eigenvalue weighted by Gasteiger charge is -2.35. The van der Waals surface area contributed by atoms with E-state index in [9.17, 15) is 18.0 Å². The molecule has 2 aliphatic heterocycles. The number of primary amides is 1. The molecule has 2 aliphatic carbocycles. The first-order valence-corrected chi connectivity index (χ1v) is 20.9. The number of hydrogen-bond acceptors (Lipinski definition) is 10. The maximum Gasteiger partial charge on any atom is 0.315 e. The Labute approximate surface area is 310 Å². The number of fused-ring (bicyclic) bond motifs is 2. The van der Waals surface area contributed by atoms with E-state index in [0.29, 0.717) is 72.2 Å². The highest BCUT2D eigenvalue weighted by atomic mass is 32.2. The van der Waals surface area contributed by atoms with Crippen molar-refractivity contribution in [3.63, 3.8) is 0 Å². The number of methoxy groups -OCH3 is 1. The minimum atomic E-state index is -3.86. The summed E-state index contributed by atoms with van der Waals surface area (Å²) in [5.74, 6) is 0.620. The molecule has 280 valence electrons. The zero-order chi connectivity index (χ0) is 36.8. The lowest BCUT2D eigenvalue weighted by molar-refractivity contribution is -0.122. The highest BCUT2D eigenvalue weighted by molar-refractivity contribution is 7.91. The molecule has 4 atom stereocenters. The second kappa shape index (κ2) is 14.1. The first-order chi connectivity index (χ1) is 24.9. The van der Waals surface area contributed by atoms with Crippen LogP contribution in [0.15, 0.2) is 41.8 Å². The number of amides is 3. The van der Waals surface area contributed by atoms with E-state index in [-0.39, 0.29) is 24.1 Å². The number of ether oxygens (including phenoxy) is 2. The highest BCUT2D eigenvalue weighted by Crippen LogP contribution is 2.54. The Balaban J connectivity index is 1.23. The van der Waals surface area contributed by atoms with Crippen LogP contribution in [0.1, 0.15) is 91.4 Å². The number of nitrogens with zero attached hydrogens (tertiary/aromatic N) is 4. The van der Waals surface area contributed by atoms with Gasteiger partial charge in [0.15, 0.2) is 5.13 Å². The molecular weight excluding hydrogens is 701 g/mol. The highest BCUT2D eigenvalue weighted by Gasteiger charge is 2.66. The summed E-state index contributed by atoms with van der Waals surface area (Å²) in [5, 5.41) is 3.32. The Hall–Kier alpha value is -3.91. The number of carbonyl (C=O) groups excluding carboxylic acids is 2. The maximum absolute atomic E-state index is 14.4. The average molecular weight is 751 g/mol. The SMILES string of the molecule is COc1ccc2c(O[C@@H]3CC(C)N(C(N)=O)C3)cc(-c3csc(N(C(C)C)[C@]45C[C@H]4C=CCCCCCCCC4(CC4)S(=O)(=O)NC5=O)n3)nc2c1. The Morgan fingerprint density at radius 1 is 1.10 bits per heavy atom. The fourth-order valence-electron chi connectivity index (χ4n) is 8.19. The summed E-state index contributed by atoms with van der Waals surface area (Å²) in [7, 11) is -2.26. The van der Waals surface area contributed by atoms with Gasteiger partial charge in [0.05, 0.1) is 29.6 Å². The van der Waals surface area contributed by atoms with Crippen LogP contribution in [-0.4, -0.2) is 77.4 Å². The second-order valence-electron chi connectivity index (χ2n) is 15.3. The number of anilines is 1. The van der Waals surface area contributed by atoms with Gasteiger partial charge in [-0.05, 0) is 71.4 Å². The van der Waals surface area contributed by atoms with E-state index in [1.807, 2.05) is 55.3 Å². The first-order valence-electron chi connectivity index (χ1n) is 18.6. The fourth-order valence-corrected chi connectivity index (χ4v) is 10.9. The summed E-state index contributed by atoms with van der Waals surface area (Å²) in [6, 6.07) is 6.80. The van der Waals surface area contributed by atoms with Crippen LogP contribution < -0.4 is 24.8 Å². The van der Waals surface area contributed by atoms with Crippen LogP contribution in [0, 0.1) is 5.92 Å². The summed E-state index contributed by atoms with van der Waals surface area (Å²) < 4.78 is 41.4. The molecule has 3 fully saturated rings. The molecule has 14 heteroatoms. The molecule has 3 N–H and O–H groups in total. The number of rotatable bonds is 7. The first kappa shape index (κ1) is 36.4. The van der Waals surface area contributed by atoms with Gasteiger partial charge in [-0.1, -0.05) is 37.8 Å². The lowest BCUT2D eigenvalue weighted by atomic mass is 10.1. The monoisotopic (exact) mass is 750 g/mol. The molecular formula is C38H50N6O6S2. The molecule has 4 heterocycles. The van der Waals surface area contributed by atoms with E-state index >= 15 is 0 Å². The molecule has 1 saturated heterocycles. The number of aromatic nitrogens is 2. The van der Waals surface area contributed by atoms with Gasteiger partial charge in [-0.25, -0.2) is 23.2 Å². The molecule has 52 heavy (non-hydrogen) atoms. The maximum atomic E-state index is 14.4. The van der Waals surface area contributed by atoms with Gasteiger partial charge in [-0.2, -0.15) is 0 Å². The molecule has 3 aromatic rings. The van der Waals surface area contributed by atoms with Gasteiger partial charge in [-0.15, -0.1) is 11.3 Å². The molecule has 7 rings (SSSR count). The summed E-state index contributed by atoms with van der Waals surface area (Å²) in [4.78, 5) is 40.0. The van der Waals surface area contributed by atoms with Gasteiger partial charge in [0.25, 0.3) is 5.91 Å². The van der Waals surface area contributed by atoms with E-state index in [0.717, 1.165) is 43.9 Å².